The predicted molar refractivity (Wildman–Crippen MR) is 109 cm³/mol. The van der Waals surface area contributed by atoms with Crippen molar-refractivity contribution in [2.75, 3.05) is 23.8 Å². The summed E-state index contributed by atoms with van der Waals surface area (Å²) >= 11 is 25.9. The minimum Gasteiger partial charge on any atom is -0.460 e. The van der Waals surface area contributed by atoms with Crippen LogP contribution in [0, 0.1) is 0 Å². The van der Waals surface area contributed by atoms with E-state index in [1.54, 1.807) is 6.07 Å². The number of rotatable bonds is 4. The SMILES string of the molecule is CC(=O)N(c1cccs1)C1C(=O)N2CC(Cl)(C(=O)OCC(Cl)(Cl)Cl)CS[C@H]12. The molecule has 3 rings (SSSR count). The smallest absolute Gasteiger partial charge is 0.330 e. The molecule has 2 aliphatic heterocycles. The van der Waals surface area contributed by atoms with Gasteiger partial charge in [-0.25, -0.2) is 0 Å². The third kappa shape index (κ3) is 4.31. The Bertz CT molecular complexity index is 757. The third-order valence-electron chi connectivity index (χ3n) is 4.11. The Morgan fingerprint density at radius 2 is 2.15 bits per heavy atom. The van der Waals surface area contributed by atoms with Crippen molar-refractivity contribution in [1.82, 2.24) is 4.90 Å². The molecule has 2 saturated heterocycles. The molecule has 1 aromatic heterocycles. The molecule has 2 fully saturated rings. The fraction of sp³-hybridized carbons (Fsp3) is 0.533. The highest BCUT2D eigenvalue weighted by Crippen LogP contribution is 2.45. The highest BCUT2D eigenvalue weighted by Gasteiger charge is 2.59. The van der Waals surface area contributed by atoms with Crippen LogP contribution in [-0.2, 0) is 19.1 Å². The Balaban J connectivity index is 1.70. The van der Waals surface area contributed by atoms with Gasteiger partial charge in [0.15, 0.2) is 4.87 Å². The lowest BCUT2D eigenvalue weighted by Crippen LogP contribution is -2.75. The Morgan fingerprint density at radius 1 is 1.44 bits per heavy atom. The summed E-state index contributed by atoms with van der Waals surface area (Å²) in [6.45, 7) is 0.950. The minimum absolute atomic E-state index is 0.0313. The zero-order valence-corrected chi connectivity index (χ0v) is 18.5. The number of alkyl halides is 4. The Morgan fingerprint density at radius 3 is 2.70 bits per heavy atom. The number of anilines is 1. The maximum atomic E-state index is 12.7. The van der Waals surface area contributed by atoms with E-state index in [9.17, 15) is 14.4 Å². The number of ether oxygens (including phenoxy) is 1. The van der Waals surface area contributed by atoms with Gasteiger partial charge in [0.25, 0.3) is 0 Å². The van der Waals surface area contributed by atoms with Crippen LogP contribution in [0.25, 0.3) is 0 Å². The normalized spacial score (nSPS) is 27.6. The standard InChI is InChI=1S/C15H14Cl4N2O4S2/c1-8(22)21(9-3-2-4-26-9)10-11(23)20-5-14(16,7-27-12(10)20)13(24)25-6-15(17,18)19/h2-4,10,12H,5-7H2,1H3/t10?,12-,14?/m1/s1. The van der Waals surface area contributed by atoms with Crippen LogP contribution in [0.15, 0.2) is 17.5 Å². The molecule has 0 spiro atoms. The first-order valence-electron chi connectivity index (χ1n) is 7.72. The summed E-state index contributed by atoms with van der Waals surface area (Å²) in [4.78, 5) is 38.7. The van der Waals surface area contributed by atoms with Crippen LogP contribution in [0.2, 0.25) is 0 Å². The van der Waals surface area contributed by atoms with Gasteiger partial charge in [-0.1, -0.05) is 34.8 Å². The van der Waals surface area contributed by atoms with Crippen molar-refractivity contribution in [3.05, 3.63) is 17.5 Å². The van der Waals surface area contributed by atoms with Crippen molar-refractivity contribution in [3.63, 3.8) is 0 Å². The number of hydrogen-bond acceptors (Lipinski definition) is 6. The molecule has 0 bridgehead atoms. The number of thioether (sulfide) groups is 1. The summed E-state index contributed by atoms with van der Waals surface area (Å²) in [5.41, 5.74) is 0. The number of carbonyl (C=O) groups excluding carboxylic acids is 3. The van der Waals surface area contributed by atoms with Crippen LogP contribution in [0.4, 0.5) is 5.00 Å². The van der Waals surface area contributed by atoms with Crippen LogP contribution in [0.1, 0.15) is 6.92 Å². The fourth-order valence-corrected chi connectivity index (χ4v) is 5.69. The van der Waals surface area contributed by atoms with Gasteiger partial charge in [-0.05, 0) is 17.5 Å². The van der Waals surface area contributed by atoms with Crippen molar-refractivity contribution in [2.24, 2.45) is 0 Å². The third-order valence-corrected chi connectivity index (χ3v) is 7.38. The molecular formula is C15H14Cl4N2O4S2. The molecule has 6 nitrogen and oxygen atoms in total. The first-order valence-corrected chi connectivity index (χ1v) is 11.2. The number of halogens is 4. The molecule has 1 aromatic rings. The lowest BCUT2D eigenvalue weighted by molar-refractivity contribution is -0.152. The fourth-order valence-electron chi connectivity index (χ4n) is 2.92. The van der Waals surface area contributed by atoms with Gasteiger partial charge in [-0.3, -0.25) is 19.3 Å². The van der Waals surface area contributed by atoms with E-state index >= 15 is 0 Å². The van der Waals surface area contributed by atoms with Crippen LogP contribution in [-0.4, -0.2) is 61.7 Å². The molecule has 0 aliphatic carbocycles. The van der Waals surface area contributed by atoms with Gasteiger partial charge >= 0.3 is 5.97 Å². The number of nitrogens with zero attached hydrogens (tertiary/aromatic N) is 2. The van der Waals surface area contributed by atoms with E-state index in [4.69, 9.17) is 51.1 Å². The average molecular weight is 492 g/mol. The largest absolute Gasteiger partial charge is 0.460 e. The molecule has 148 valence electrons. The molecule has 12 heteroatoms. The average Bonchev–Trinajstić information content (AvgIpc) is 3.10. The molecule has 0 N–H and O–H groups in total. The van der Waals surface area contributed by atoms with Crippen LogP contribution < -0.4 is 4.90 Å². The molecule has 3 atom stereocenters. The zero-order chi connectivity index (χ0) is 20.0. The van der Waals surface area contributed by atoms with Crippen LogP contribution in [0.3, 0.4) is 0 Å². The van der Waals surface area contributed by atoms with Crippen molar-refractivity contribution in [3.8, 4) is 0 Å². The van der Waals surface area contributed by atoms with Gasteiger partial charge in [0, 0.05) is 12.7 Å². The quantitative estimate of drug-likeness (QED) is 0.367. The van der Waals surface area contributed by atoms with Gasteiger partial charge in [-0.2, -0.15) is 0 Å². The number of hydrogen-bond donors (Lipinski definition) is 0. The van der Waals surface area contributed by atoms with Gasteiger partial charge in [-0.15, -0.1) is 34.7 Å². The second-order valence-electron chi connectivity index (χ2n) is 6.11. The highest BCUT2D eigenvalue weighted by molar-refractivity contribution is 8.00. The molecule has 2 unspecified atom stereocenters. The number of fused-ring (bicyclic) bond motifs is 1. The predicted octanol–water partition coefficient (Wildman–Crippen LogP) is 3.28. The molecule has 3 heterocycles. The number of thiophene rings is 1. The van der Waals surface area contributed by atoms with E-state index in [1.165, 1.54) is 39.8 Å². The van der Waals surface area contributed by atoms with Gasteiger partial charge in [0.2, 0.25) is 15.6 Å². The maximum Gasteiger partial charge on any atom is 0.330 e. The summed E-state index contributed by atoms with van der Waals surface area (Å²) in [6, 6.07) is 2.98. The number of carbonyl (C=O) groups is 3. The van der Waals surface area contributed by atoms with E-state index in [2.05, 4.69) is 0 Å². The number of β-lactam (4-membered cyclic amide) rings is 1. The summed E-state index contributed by atoms with van der Waals surface area (Å²) in [7, 11) is 0. The monoisotopic (exact) mass is 490 g/mol. The number of esters is 1. The van der Waals surface area contributed by atoms with Crippen LogP contribution in [0.5, 0.6) is 0 Å². The van der Waals surface area contributed by atoms with Gasteiger partial charge < -0.3 is 9.64 Å². The van der Waals surface area contributed by atoms with Crippen molar-refractivity contribution in [1.29, 1.82) is 0 Å². The molecule has 0 radical (unpaired) electrons. The van der Waals surface area contributed by atoms with E-state index < -0.39 is 27.3 Å². The van der Waals surface area contributed by atoms with Crippen molar-refractivity contribution < 1.29 is 19.1 Å². The topological polar surface area (TPSA) is 66.9 Å². The molecule has 2 amide bonds. The first kappa shape index (κ1) is 21.3. The second kappa shape index (κ2) is 7.80. The molecule has 27 heavy (non-hydrogen) atoms. The summed E-state index contributed by atoms with van der Waals surface area (Å²) in [5.74, 6) is -1.04. The van der Waals surface area contributed by atoms with Crippen molar-refractivity contribution in [2.45, 2.75) is 27.0 Å². The van der Waals surface area contributed by atoms with Gasteiger partial charge in [0.1, 0.15) is 18.0 Å². The molecule has 2 aliphatic rings. The van der Waals surface area contributed by atoms with E-state index in [0.717, 1.165) is 0 Å². The Labute approximate surface area is 184 Å². The summed E-state index contributed by atoms with van der Waals surface area (Å²) in [5, 5.41) is 2.26. The first-order chi connectivity index (χ1) is 12.5. The maximum absolute atomic E-state index is 12.7. The van der Waals surface area contributed by atoms with E-state index in [0.29, 0.717) is 5.00 Å². The van der Waals surface area contributed by atoms with Crippen LogP contribution >= 0.6 is 69.5 Å². The summed E-state index contributed by atoms with van der Waals surface area (Å²) < 4.78 is 3.24. The molecule has 0 saturated carbocycles. The Kier molecular flexibility index (Phi) is 6.16. The lowest BCUT2D eigenvalue weighted by Gasteiger charge is -2.54. The molecule has 0 aromatic carbocycles. The zero-order valence-electron chi connectivity index (χ0n) is 13.9. The minimum atomic E-state index is -1.74. The van der Waals surface area contributed by atoms with Gasteiger partial charge in [0.05, 0.1) is 11.5 Å². The summed E-state index contributed by atoms with van der Waals surface area (Å²) in [6.07, 6.45) is 0. The van der Waals surface area contributed by atoms with E-state index in [1.807, 2.05) is 11.4 Å². The lowest BCUT2D eigenvalue weighted by atomic mass is 10.0. The second-order valence-corrected chi connectivity index (χ2v) is 11.4. The Hall–Kier alpha value is -0.380. The molecular weight excluding hydrogens is 478 g/mol. The number of amides is 2. The van der Waals surface area contributed by atoms with E-state index in [-0.39, 0.29) is 29.5 Å². The van der Waals surface area contributed by atoms with Crippen molar-refractivity contribution >= 4 is 92.3 Å². The highest BCUT2D eigenvalue weighted by atomic mass is 35.6.